The van der Waals surface area contributed by atoms with Crippen LogP contribution >= 0.6 is 0 Å². The summed E-state index contributed by atoms with van der Waals surface area (Å²) in [4.78, 5) is 25.4. The molecule has 0 spiro atoms. The van der Waals surface area contributed by atoms with Crippen LogP contribution in [0.15, 0.2) is 48.5 Å². The summed E-state index contributed by atoms with van der Waals surface area (Å²) in [6.45, 7) is 8.94. The molecule has 2 aromatic carbocycles. The lowest BCUT2D eigenvalue weighted by Gasteiger charge is -2.37. The molecule has 218 valence electrons. The maximum absolute atomic E-state index is 12.7. The number of ether oxygens (including phenoxy) is 2. The topological polar surface area (TPSA) is 52.6 Å². The van der Waals surface area contributed by atoms with Crippen molar-refractivity contribution >= 4 is 11.9 Å². The predicted octanol–water partition coefficient (Wildman–Crippen LogP) is 9.00. The van der Waals surface area contributed by atoms with E-state index >= 15 is 0 Å². The zero-order chi connectivity index (χ0) is 28.5. The third-order valence-electron chi connectivity index (χ3n) is 9.59. The van der Waals surface area contributed by atoms with Crippen LogP contribution in [0.3, 0.4) is 0 Å². The van der Waals surface area contributed by atoms with Crippen LogP contribution in [0.4, 0.5) is 0 Å². The fraction of sp³-hybridized carbons (Fsp3) is 0.611. The lowest BCUT2D eigenvalue weighted by Crippen LogP contribution is -2.32. The van der Waals surface area contributed by atoms with Crippen molar-refractivity contribution in [3.8, 4) is 0 Å². The van der Waals surface area contributed by atoms with Crippen LogP contribution in [0, 0.1) is 23.7 Å². The number of benzene rings is 2. The number of esters is 2. The molecule has 0 radical (unpaired) electrons. The summed E-state index contributed by atoms with van der Waals surface area (Å²) in [5.74, 6) is 2.30. The molecule has 2 fully saturated rings. The smallest absolute Gasteiger partial charge is 0.338 e. The van der Waals surface area contributed by atoms with E-state index < -0.39 is 0 Å². The number of carbonyl (C=O) groups excluding carboxylic acids is 2. The molecule has 0 amide bonds. The van der Waals surface area contributed by atoms with Crippen LogP contribution in [0.25, 0.3) is 0 Å². The molecule has 2 aromatic rings. The van der Waals surface area contributed by atoms with E-state index in [2.05, 4.69) is 52.0 Å². The van der Waals surface area contributed by atoms with Gasteiger partial charge in [-0.3, -0.25) is 0 Å². The molecule has 4 rings (SSSR count). The normalized spacial score (nSPS) is 24.6. The summed E-state index contributed by atoms with van der Waals surface area (Å²) < 4.78 is 11.8. The SMILES string of the molecule is CC[C@H](C)Cc1ccc(C(=O)OC2CCC(C3CCC(OC(=O)c4ccc(C[C@@H](C)CC)cc4)CC3)CC2)cc1. The van der Waals surface area contributed by atoms with Crippen molar-refractivity contribution in [1.29, 1.82) is 0 Å². The van der Waals surface area contributed by atoms with Crippen molar-refractivity contribution in [2.75, 3.05) is 0 Å². The minimum absolute atomic E-state index is 0.0254. The minimum atomic E-state index is -0.189. The molecule has 2 atom stereocenters. The van der Waals surface area contributed by atoms with E-state index in [9.17, 15) is 9.59 Å². The Balaban J connectivity index is 1.15. The largest absolute Gasteiger partial charge is 0.459 e. The highest BCUT2D eigenvalue weighted by molar-refractivity contribution is 5.90. The lowest BCUT2D eigenvalue weighted by molar-refractivity contribution is -0.000150. The Morgan fingerprint density at radius 2 is 0.925 bits per heavy atom. The van der Waals surface area contributed by atoms with Gasteiger partial charge in [0.15, 0.2) is 0 Å². The van der Waals surface area contributed by atoms with Crippen LogP contribution in [-0.4, -0.2) is 24.1 Å². The minimum Gasteiger partial charge on any atom is -0.459 e. The highest BCUT2D eigenvalue weighted by atomic mass is 16.5. The second-order valence-corrected chi connectivity index (χ2v) is 12.7. The summed E-state index contributed by atoms with van der Waals surface area (Å²) in [5.41, 5.74) is 3.87. The van der Waals surface area contributed by atoms with E-state index in [1.165, 1.54) is 11.1 Å². The van der Waals surface area contributed by atoms with E-state index in [0.717, 1.165) is 77.0 Å². The molecule has 2 aliphatic carbocycles. The third kappa shape index (κ3) is 8.69. The molecule has 4 heteroatoms. The summed E-state index contributed by atoms with van der Waals surface area (Å²) in [6.07, 6.45) is 12.7. The Labute approximate surface area is 242 Å². The van der Waals surface area contributed by atoms with Crippen molar-refractivity contribution in [2.45, 2.75) is 117 Å². The van der Waals surface area contributed by atoms with Gasteiger partial charge in [0.05, 0.1) is 11.1 Å². The molecular weight excluding hydrogens is 496 g/mol. The highest BCUT2D eigenvalue weighted by Gasteiger charge is 2.33. The van der Waals surface area contributed by atoms with Crippen LogP contribution in [-0.2, 0) is 22.3 Å². The molecule has 2 aliphatic rings. The van der Waals surface area contributed by atoms with Crippen molar-refractivity contribution < 1.29 is 19.1 Å². The second-order valence-electron chi connectivity index (χ2n) is 12.7. The van der Waals surface area contributed by atoms with Gasteiger partial charge in [0.2, 0.25) is 0 Å². The predicted molar refractivity (Wildman–Crippen MR) is 162 cm³/mol. The van der Waals surface area contributed by atoms with Crippen LogP contribution < -0.4 is 0 Å². The molecule has 0 unspecified atom stereocenters. The van der Waals surface area contributed by atoms with E-state index in [-0.39, 0.29) is 24.1 Å². The van der Waals surface area contributed by atoms with Crippen LogP contribution in [0.2, 0.25) is 0 Å². The lowest BCUT2D eigenvalue weighted by atomic mass is 9.72. The molecule has 0 aliphatic heterocycles. The second kappa shape index (κ2) is 14.8. The quantitative estimate of drug-likeness (QED) is 0.264. The van der Waals surface area contributed by atoms with E-state index in [0.29, 0.717) is 34.8 Å². The third-order valence-corrected chi connectivity index (χ3v) is 9.59. The summed E-state index contributed by atoms with van der Waals surface area (Å²) in [5, 5.41) is 0. The zero-order valence-electron chi connectivity index (χ0n) is 25.2. The Morgan fingerprint density at radius 3 is 1.23 bits per heavy atom. The van der Waals surface area contributed by atoms with Crippen LogP contribution in [0.5, 0.6) is 0 Å². The van der Waals surface area contributed by atoms with Gasteiger partial charge in [0.1, 0.15) is 12.2 Å². The maximum atomic E-state index is 12.7. The average molecular weight is 547 g/mol. The first-order valence-corrected chi connectivity index (χ1v) is 15.9. The highest BCUT2D eigenvalue weighted by Crippen LogP contribution is 2.40. The molecule has 40 heavy (non-hydrogen) atoms. The Bertz CT molecular complexity index is 969. The molecule has 0 bridgehead atoms. The zero-order valence-corrected chi connectivity index (χ0v) is 25.2. The van der Waals surface area contributed by atoms with Crippen molar-refractivity contribution in [3.05, 3.63) is 70.8 Å². The average Bonchev–Trinajstić information content (AvgIpc) is 2.98. The molecule has 0 saturated heterocycles. The van der Waals surface area contributed by atoms with Crippen molar-refractivity contribution in [3.63, 3.8) is 0 Å². The van der Waals surface area contributed by atoms with E-state index in [1.54, 1.807) is 0 Å². The molecule has 0 aromatic heterocycles. The number of rotatable bonds is 11. The first-order valence-electron chi connectivity index (χ1n) is 15.9. The van der Waals surface area contributed by atoms with Gasteiger partial charge < -0.3 is 9.47 Å². The van der Waals surface area contributed by atoms with Gasteiger partial charge in [-0.2, -0.15) is 0 Å². The van der Waals surface area contributed by atoms with E-state index in [4.69, 9.17) is 9.47 Å². The summed E-state index contributed by atoms with van der Waals surface area (Å²) in [6, 6.07) is 15.9. The van der Waals surface area contributed by atoms with Gasteiger partial charge in [-0.05, 0) is 123 Å². The Hall–Kier alpha value is -2.62. The van der Waals surface area contributed by atoms with Gasteiger partial charge in [0.25, 0.3) is 0 Å². The van der Waals surface area contributed by atoms with Gasteiger partial charge in [-0.15, -0.1) is 0 Å². The number of carbonyl (C=O) groups is 2. The van der Waals surface area contributed by atoms with Gasteiger partial charge in [-0.25, -0.2) is 9.59 Å². The van der Waals surface area contributed by atoms with Crippen molar-refractivity contribution in [2.24, 2.45) is 23.7 Å². The molecule has 0 N–H and O–H groups in total. The summed E-state index contributed by atoms with van der Waals surface area (Å²) >= 11 is 0. The van der Waals surface area contributed by atoms with Gasteiger partial charge >= 0.3 is 11.9 Å². The Kier molecular flexibility index (Phi) is 11.3. The molecule has 2 saturated carbocycles. The maximum Gasteiger partial charge on any atom is 0.338 e. The van der Waals surface area contributed by atoms with E-state index in [1.807, 2.05) is 24.3 Å². The van der Waals surface area contributed by atoms with Crippen LogP contribution in [0.1, 0.15) is 124 Å². The van der Waals surface area contributed by atoms with Crippen molar-refractivity contribution in [1.82, 2.24) is 0 Å². The van der Waals surface area contributed by atoms with Gasteiger partial charge in [0, 0.05) is 0 Å². The summed E-state index contributed by atoms with van der Waals surface area (Å²) in [7, 11) is 0. The monoisotopic (exact) mass is 546 g/mol. The number of hydrogen-bond donors (Lipinski definition) is 0. The van der Waals surface area contributed by atoms with Gasteiger partial charge in [-0.1, -0.05) is 64.8 Å². The fourth-order valence-electron chi connectivity index (χ4n) is 6.44. The molecule has 4 nitrogen and oxygen atoms in total. The molecule has 0 heterocycles. The molecular formula is C36H50O4. The fourth-order valence-corrected chi connectivity index (χ4v) is 6.44. The standard InChI is InChI=1S/C36H50O4/c1-5-25(3)23-27-7-11-31(12-8-27)35(37)39-33-19-15-29(16-20-33)30-17-21-34(22-18-30)40-36(38)32-13-9-28(10-14-32)24-26(4)6-2/h7-14,25-26,29-30,33-34H,5-6,15-24H2,1-4H3/t25-,26-,29?,30?,33?,34?/m0/s1. The first-order chi connectivity index (χ1) is 19.3. The first kappa shape index (κ1) is 30.3. The number of hydrogen-bond acceptors (Lipinski definition) is 4. The Morgan fingerprint density at radius 1 is 0.600 bits per heavy atom.